The molecule has 0 aliphatic heterocycles. The van der Waals surface area contributed by atoms with Crippen LogP contribution in [0.2, 0.25) is 0 Å². The van der Waals surface area contributed by atoms with E-state index >= 15 is 0 Å². The first-order chi connectivity index (χ1) is 14.2. The number of carboxylic acid groups (broad SMARTS) is 2. The van der Waals surface area contributed by atoms with Crippen molar-refractivity contribution in [3.05, 3.63) is 30.0 Å². The molecule has 4 atom stereocenters. The Balaban J connectivity index is 2.10. The molecule has 0 spiro atoms. The fraction of sp³-hybridized carbons (Fsp3) is 0.500. The van der Waals surface area contributed by atoms with E-state index in [1.807, 2.05) is 0 Å². The van der Waals surface area contributed by atoms with E-state index in [4.69, 9.17) is 20.4 Å². The summed E-state index contributed by atoms with van der Waals surface area (Å²) in [5.41, 5.74) is 6.76. The summed E-state index contributed by atoms with van der Waals surface area (Å²) in [6, 6.07) is -4.22. The van der Waals surface area contributed by atoms with Gasteiger partial charge in [0.25, 0.3) is 0 Å². The summed E-state index contributed by atoms with van der Waals surface area (Å²) in [6.07, 6.45) is 1.60. The van der Waals surface area contributed by atoms with Crippen molar-refractivity contribution in [2.75, 3.05) is 0 Å². The molecule has 2 rings (SSSR count). The zero-order valence-electron chi connectivity index (χ0n) is 16.0. The van der Waals surface area contributed by atoms with E-state index in [-0.39, 0.29) is 24.6 Å². The minimum absolute atomic E-state index is 0.0644. The predicted molar refractivity (Wildman–Crippen MR) is 97.9 cm³/mol. The quantitative estimate of drug-likeness (QED) is 0.232. The molecular weight excluding hydrogens is 402 g/mol. The number of aromatic amines is 1. The number of aliphatic carboxylic acids is 2. The van der Waals surface area contributed by atoms with Crippen LogP contribution in [0.3, 0.4) is 0 Å². The van der Waals surface area contributed by atoms with Gasteiger partial charge in [0.15, 0.2) is 6.04 Å². The third kappa shape index (κ3) is 6.52. The molecule has 0 fully saturated rings. The molecule has 14 heteroatoms. The molecular formula is C16H23N7O7. The molecule has 0 aliphatic carbocycles. The summed E-state index contributed by atoms with van der Waals surface area (Å²) in [7, 11) is 0. The van der Waals surface area contributed by atoms with Gasteiger partial charge in [-0.25, -0.2) is 14.6 Å². The number of rotatable bonds is 11. The van der Waals surface area contributed by atoms with Gasteiger partial charge < -0.3 is 41.1 Å². The number of carbonyl (C=O) groups is 3. The van der Waals surface area contributed by atoms with Crippen LogP contribution in [0, 0.1) is 0 Å². The van der Waals surface area contributed by atoms with Crippen LogP contribution < -0.4 is 16.4 Å². The number of nitrogens with two attached hydrogens (primary N) is 1. The van der Waals surface area contributed by atoms with E-state index in [0.717, 1.165) is 5.69 Å². The number of nitrogens with one attached hydrogen (secondary N) is 3. The van der Waals surface area contributed by atoms with Crippen LogP contribution >= 0.6 is 0 Å². The highest BCUT2D eigenvalue weighted by atomic mass is 16.4. The van der Waals surface area contributed by atoms with Crippen LogP contribution in [0.4, 0.5) is 4.79 Å². The lowest BCUT2D eigenvalue weighted by Gasteiger charge is -2.20. The zero-order valence-corrected chi connectivity index (χ0v) is 16.0. The van der Waals surface area contributed by atoms with Gasteiger partial charge in [0, 0.05) is 24.7 Å². The van der Waals surface area contributed by atoms with E-state index in [2.05, 4.69) is 30.8 Å². The van der Waals surface area contributed by atoms with Crippen molar-refractivity contribution >= 4 is 18.0 Å². The summed E-state index contributed by atoms with van der Waals surface area (Å²) in [5, 5.41) is 39.6. The van der Waals surface area contributed by atoms with Gasteiger partial charge in [0.1, 0.15) is 6.04 Å². The molecule has 8 N–H and O–H groups in total. The normalized spacial score (nSPS) is 15.0. The molecule has 0 aromatic carbocycles. The molecule has 2 heterocycles. The highest BCUT2D eigenvalue weighted by molar-refractivity contribution is 5.83. The summed E-state index contributed by atoms with van der Waals surface area (Å²) in [5.74, 6) is -2.59. The molecule has 0 radical (unpaired) electrons. The van der Waals surface area contributed by atoms with Gasteiger partial charge in [-0.1, -0.05) is 0 Å². The van der Waals surface area contributed by atoms with E-state index in [1.165, 1.54) is 13.3 Å². The molecule has 164 valence electrons. The molecule has 0 aliphatic rings. The van der Waals surface area contributed by atoms with Gasteiger partial charge in [-0.3, -0.25) is 4.79 Å². The lowest BCUT2D eigenvalue weighted by Crippen LogP contribution is -2.51. The largest absolute Gasteiger partial charge is 0.481 e. The van der Waals surface area contributed by atoms with Gasteiger partial charge in [-0.05, 0) is 13.3 Å². The first-order valence-electron chi connectivity index (χ1n) is 8.93. The van der Waals surface area contributed by atoms with Crippen molar-refractivity contribution < 1.29 is 34.1 Å². The SMILES string of the molecule is CC(O)C(NC(=O)N[C@@H](CCC(=O)O)c1nnc([C@@H](N)Cc2cnc[nH]2)o1)C(=O)O. The van der Waals surface area contributed by atoms with Crippen molar-refractivity contribution in [2.24, 2.45) is 5.73 Å². The highest BCUT2D eigenvalue weighted by Gasteiger charge is 2.28. The molecule has 2 amide bonds. The van der Waals surface area contributed by atoms with Gasteiger partial charge in [0.2, 0.25) is 11.8 Å². The number of hydrogen-bond acceptors (Lipinski definition) is 9. The van der Waals surface area contributed by atoms with Crippen LogP contribution in [-0.2, 0) is 16.0 Å². The third-order valence-corrected chi connectivity index (χ3v) is 4.05. The Morgan fingerprint density at radius 2 is 1.93 bits per heavy atom. The Labute approximate surface area is 169 Å². The topological polar surface area (TPSA) is 230 Å². The number of amides is 2. The number of nitrogens with zero attached hydrogens (tertiary/aromatic N) is 3. The third-order valence-electron chi connectivity index (χ3n) is 4.05. The minimum Gasteiger partial charge on any atom is -0.481 e. The highest BCUT2D eigenvalue weighted by Crippen LogP contribution is 2.21. The average Bonchev–Trinajstić information content (AvgIpc) is 3.34. The summed E-state index contributed by atoms with van der Waals surface area (Å²) < 4.78 is 5.51. The Morgan fingerprint density at radius 1 is 1.23 bits per heavy atom. The van der Waals surface area contributed by atoms with Crippen molar-refractivity contribution in [3.8, 4) is 0 Å². The number of aliphatic hydroxyl groups excluding tert-OH is 1. The smallest absolute Gasteiger partial charge is 0.328 e. The summed E-state index contributed by atoms with van der Waals surface area (Å²) >= 11 is 0. The van der Waals surface area contributed by atoms with Crippen molar-refractivity contribution in [1.82, 2.24) is 30.8 Å². The molecule has 0 saturated carbocycles. The van der Waals surface area contributed by atoms with Crippen LogP contribution in [0.15, 0.2) is 16.9 Å². The average molecular weight is 425 g/mol. The van der Waals surface area contributed by atoms with Gasteiger partial charge in [-0.15, -0.1) is 10.2 Å². The standard InChI is InChI=1S/C16H23N7O7/c1-7(24)12(15(27)28)21-16(29)20-10(2-3-11(25)26)14-23-22-13(30-14)9(17)4-8-5-18-6-19-8/h5-7,9-10,12,24H,2-4,17H2,1H3,(H,18,19)(H,25,26)(H,27,28)(H2,20,21,29)/t7?,9-,10-,12?/m0/s1. The second-order valence-electron chi connectivity index (χ2n) is 6.53. The Bertz CT molecular complexity index is 852. The Kier molecular flexibility index (Phi) is 7.83. The van der Waals surface area contributed by atoms with Crippen molar-refractivity contribution in [1.29, 1.82) is 0 Å². The number of carbonyl (C=O) groups excluding carboxylic acids is 1. The van der Waals surface area contributed by atoms with Gasteiger partial charge in [-0.2, -0.15) is 0 Å². The lowest BCUT2D eigenvalue weighted by molar-refractivity contribution is -0.141. The molecule has 0 bridgehead atoms. The summed E-state index contributed by atoms with van der Waals surface area (Å²) in [6.45, 7) is 1.20. The van der Waals surface area contributed by atoms with Crippen LogP contribution in [0.5, 0.6) is 0 Å². The van der Waals surface area contributed by atoms with Crippen molar-refractivity contribution in [3.63, 3.8) is 0 Å². The number of aromatic nitrogens is 4. The van der Waals surface area contributed by atoms with E-state index in [0.29, 0.717) is 6.42 Å². The second-order valence-corrected chi connectivity index (χ2v) is 6.53. The Morgan fingerprint density at radius 3 is 2.50 bits per heavy atom. The number of imidazole rings is 1. The van der Waals surface area contributed by atoms with Crippen LogP contribution in [0.1, 0.15) is 49.3 Å². The molecule has 0 saturated heterocycles. The maximum atomic E-state index is 12.2. The monoisotopic (exact) mass is 425 g/mol. The number of carboxylic acids is 2. The van der Waals surface area contributed by atoms with Gasteiger partial charge >= 0.3 is 18.0 Å². The zero-order chi connectivity index (χ0) is 22.3. The molecule has 14 nitrogen and oxygen atoms in total. The molecule has 2 aromatic heterocycles. The maximum Gasteiger partial charge on any atom is 0.328 e. The fourth-order valence-electron chi connectivity index (χ4n) is 2.51. The van der Waals surface area contributed by atoms with E-state index in [1.54, 1.807) is 6.20 Å². The van der Waals surface area contributed by atoms with E-state index in [9.17, 15) is 19.5 Å². The van der Waals surface area contributed by atoms with E-state index < -0.39 is 42.2 Å². The van der Waals surface area contributed by atoms with Crippen molar-refractivity contribution in [2.45, 2.75) is 50.4 Å². The first-order valence-corrected chi connectivity index (χ1v) is 8.93. The minimum atomic E-state index is -1.56. The number of aliphatic hydroxyl groups is 1. The van der Waals surface area contributed by atoms with Crippen LogP contribution in [-0.4, -0.2) is 65.6 Å². The van der Waals surface area contributed by atoms with Crippen LogP contribution in [0.25, 0.3) is 0 Å². The lowest BCUT2D eigenvalue weighted by atomic mass is 10.1. The number of urea groups is 1. The van der Waals surface area contributed by atoms with Gasteiger partial charge in [0.05, 0.1) is 18.5 Å². The first kappa shape index (κ1) is 22.8. The number of H-pyrrole nitrogens is 1. The Hall–Kier alpha value is -3.52. The second kappa shape index (κ2) is 10.3. The number of hydrogen-bond donors (Lipinski definition) is 7. The molecule has 2 unspecified atom stereocenters. The predicted octanol–water partition coefficient (Wildman–Crippen LogP) is -0.926. The molecule has 2 aromatic rings. The maximum absolute atomic E-state index is 12.2. The summed E-state index contributed by atoms with van der Waals surface area (Å²) in [4.78, 5) is 41.0. The fourth-order valence-corrected chi connectivity index (χ4v) is 2.51. The molecule has 30 heavy (non-hydrogen) atoms.